The van der Waals surface area contributed by atoms with Gasteiger partial charge in [0.15, 0.2) is 11.6 Å². The van der Waals surface area contributed by atoms with Crippen LogP contribution in [0, 0.1) is 0 Å². The van der Waals surface area contributed by atoms with Crippen LogP contribution in [-0.4, -0.2) is 62.4 Å². The van der Waals surface area contributed by atoms with Crippen molar-refractivity contribution in [2.45, 2.75) is 179 Å². The van der Waals surface area contributed by atoms with Crippen molar-refractivity contribution >= 4 is 19.2 Å². The van der Waals surface area contributed by atoms with E-state index in [2.05, 4.69) is 17.0 Å². The first-order valence-corrected chi connectivity index (χ1v) is 22.4. The van der Waals surface area contributed by atoms with E-state index in [-0.39, 0.29) is 19.3 Å². The van der Waals surface area contributed by atoms with Crippen LogP contribution in [0.4, 0.5) is 5.82 Å². The highest BCUT2D eigenvalue weighted by Crippen LogP contribution is 2.52. The Morgan fingerprint density at radius 3 is 2.09 bits per heavy atom. The van der Waals surface area contributed by atoms with E-state index in [0.29, 0.717) is 23.6 Å². The zero-order valence-electron chi connectivity index (χ0n) is 33.7. The third-order valence-electron chi connectivity index (χ3n) is 10.9. The zero-order chi connectivity index (χ0) is 39.2. The van der Waals surface area contributed by atoms with Gasteiger partial charge >= 0.3 is 7.82 Å². The van der Waals surface area contributed by atoms with E-state index in [9.17, 15) is 9.46 Å². The molecule has 13 heteroatoms. The van der Waals surface area contributed by atoms with E-state index >= 15 is 0 Å². The summed E-state index contributed by atoms with van der Waals surface area (Å²) >= 11 is 0. The van der Waals surface area contributed by atoms with Crippen LogP contribution in [0.5, 0.6) is 0 Å². The van der Waals surface area contributed by atoms with Gasteiger partial charge in [0.1, 0.15) is 35.8 Å². The van der Waals surface area contributed by atoms with Crippen molar-refractivity contribution in [3.05, 3.63) is 60.0 Å². The van der Waals surface area contributed by atoms with Crippen LogP contribution in [0.2, 0.25) is 0 Å². The third-order valence-corrected chi connectivity index (χ3v) is 11.8. The average molecular weight is 787 g/mol. The fraction of sp³-hybridized carbons (Fsp3) is 0.714. The lowest BCUT2D eigenvalue weighted by molar-refractivity contribution is -0.212. The van der Waals surface area contributed by atoms with Gasteiger partial charge in [-0.05, 0) is 44.9 Å². The fourth-order valence-corrected chi connectivity index (χ4v) is 8.64. The third kappa shape index (κ3) is 13.3. The lowest BCUT2D eigenvalue weighted by Gasteiger charge is -2.31. The van der Waals surface area contributed by atoms with Crippen molar-refractivity contribution in [2.75, 3.05) is 18.9 Å². The molecule has 12 nitrogen and oxygen atoms in total. The van der Waals surface area contributed by atoms with Crippen LogP contribution in [-0.2, 0) is 39.2 Å². The topological polar surface area (TPSA) is 149 Å². The molecule has 0 saturated carbocycles. The first-order chi connectivity index (χ1) is 26.5. The van der Waals surface area contributed by atoms with Gasteiger partial charge in [-0.2, -0.15) is 5.10 Å². The van der Waals surface area contributed by atoms with Crippen molar-refractivity contribution in [3.63, 3.8) is 0 Å². The first-order valence-electron chi connectivity index (χ1n) is 20.9. The molecule has 2 fully saturated rings. The number of hydrogen-bond donors (Lipinski definition) is 2. The molecular weight excluding hydrogens is 719 g/mol. The Labute approximate surface area is 328 Å². The highest BCUT2D eigenvalue weighted by molar-refractivity contribution is 7.47. The second-order valence-corrected chi connectivity index (χ2v) is 17.6. The summed E-state index contributed by atoms with van der Waals surface area (Å²) < 4.78 is 51.6. The summed E-state index contributed by atoms with van der Waals surface area (Å²) in [6.45, 7) is 7.76. The number of anilines is 1. The molecule has 0 spiro atoms. The quantitative estimate of drug-likeness (QED) is 0.0562. The van der Waals surface area contributed by atoms with Gasteiger partial charge in [-0.25, -0.2) is 14.1 Å². The standard InChI is InChI=1S/C42H67N4O8P/c1-5-6-7-8-9-10-11-12-13-14-15-16-17-18-19-23-26-34(49-29-33-24-21-20-22-25-33)30-50-55(47,48)51-31-42(4)39-38(52-41(2,3)54-39)37(53-42)35-27-28-36-40(43)44-32-45-46(35)36/h20-22,24-25,27-28,32,34,37-39H,5-19,23,26,29-31H2,1-4H3,(H,47,48)(H2,43,44,45)/t34-,37-,38-,39-,42+/m0/s1. The Kier molecular flexibility index (Phi) is 17.0. The van der Waals surface area contributed by atoms with Gasteiger partial charge in [0, 0.05) is 0 Å². The van der Waals surface area contributed by atoms with Crippen molar-refractivity contribution in [1.82, 2.24) is 14.6 Å². The van der Waals surface area contributed by atoms with Crippen molar-refractivity contribution < 1.29 is 37.5 Å². The van der Waals surface area contributed by atoms with Crippen molar-refractivity contribution in [3.8, 4) is 0 Å². The van der Waals surface area contributed by atoms with E-state index < -0.39 is 37.5 Å². The summed E-state index contributed by atoms with van der Waals surface area (Å²) in [6.07, 6.45) is 20.8. The predicted octanol–water partition coefficient (Wildman–Crippen LogP) is 10.0. The van der Waals surface area contributed by atoms with Gasteiger partial charge in [-0.3, -0.25) is 9.05 Å². The number of nitrogens with zero attached hydrogens (tertiary/aromatic N) is 3. The average Bonchev–Trinajstić information content (AvgIpc) is 3.82. The molecule has 3 N–H and O–H groups in total. The molecule has 308 valence electrons. The van der Waals surface area contributed by atoms with Gasteiger partial charge in [0.25, 0.3) is 0 Å². The van der Waals surface area contributed by atoms with Crippen molar-refractivity contribution in [1.29, 1.82) is 0 Å². The first kappa shape index (κ1) is 43.7. The van der Waals surface area contributed by atoms with Crippen LogP contribution in [0.3, 0.4) is 0 Å². The maximum absolute atomic E-state index is 13.3. The largest absolute Gasteiger partial charge is 0.472 e. The number of phosphoric acid groups is 1. The molecule has 3 aromatic rings. The zero-order valence-corrected chi connectivity index (χ0v) is 34.6. The van der Waals surface area contributed by atoms with Gasteiger partial charge in [0.2, 0.25) is 0 Å². The summed E-state index contributed by atoms with van der Waals surface area (Å²) in [5.74, 6) is -0.570. The predicted molar refractivity (Wildman–Crippen MR) is 214 cm³/mol. The molecule has 2 aliphatic rings. The lowest BCUT2D eigenvalue weighted by atomic mass is 9.97. The minimum absolute atomic E-state index is 0.0739. The van der Waals surface area contributed by atoms with E-state index in [4.69, 9.17) is 33.7 Å². The fourth-order valence-electron chi connectivity index (χ4n) is 7.79. The Morgan fingerprint density at radius 1 is 0.836 bits per heavy atom. The Morgan fingerprint density at radius 2 is 1.45 bits per heavy atom. The molecule has 5 rings (SSSR count). The van der Waals surface area contributed by atoms with Crippen LogP contribution in [0.15, 0.2) is 48.8 Å². The molecule has 0 amide bonds. The molecule has 0 bridgehead atoms. The van der Waals surface area contributed by atoms with Crippen LogP contribution >= 0.6 is 7.82 Å². The normalized spacial score (nSPS) is 23.6. The van der Waals surface area contributed by atoms with Crippen LogP contribution in [0.25, 0.3) is 5.52 Å². The highest BCUT2D eigenvalue weighted by atomic mass is 31.2. The highest BCUT2D eigenvalue weighted by Gasteiger charge is 2.62. The molecule has 4 heterocycles. The summed E-state index contributed by atoms with van der Waals surface area (Å²) in [5, 5.41) is 4.37. The molecule has 2 aliphatic heterocycles. The molecule has 1 unspecified atom stereocenters. The summed E-state index contributed by atoms with van der Waals surface area (Å²) in [7, 11) is -4.51. The maximum Gasteiger partial charge on any atom is 0.472 e. The number of nitrogen functional groups attached to an aromatic ring is 1. The van der Waals surface area contributed by atoms with Crippen LogP contribution < -0.4 is 5.73 Å². The number of aromatic nitrogens is 3. The molecule has 0 aliphatic carbocycles. The molecule has 2 saturated heterocycles. The molecule has 1 aromatic carbocycles. The van der Waals surface area contributed by atoms with Gasteiger partial charge < -0.3 is 29.6 Å². The minimum Gasteiger partial charge on any atom is -0.382 e. The Bertz CT molecular complexity index is 1610. The summed E-state index contributed by atoms with van der Waals surface area (Å²) in [4.78, 5) is 15.0. The van der Waals surface area contributed by atoms with E-state index in [1.54, 1.807) is 11.4 Å². The molecule has 2 aromatic heterocycles. The molecule has 6 atom stereocenters. The number of nitrogens with two attached hydrogens (primary N) is 1. The smallest absolute Gasteiger partial charge is 0.382 e. The second-order valence-electron chi connectivity index (χ2n) is 16.1. The van der Waals surface area contributed by atoms with E-state index in [1.165, 1.54) is 96.2 Å². The Hall–Kier alpha value is -2.41. The maximum atomic E-state index is 13.3. The number of benzene rings is 1. The van der Waals surface area contributed by atoms with E-state index in [1.807, 2.05) is 56.3 Å². The SMILES string of the molecule is CCCCCCCCCCCCCCCCCC[C@@H](COP(=O)(O)OC[C@@]1(C)O[C@@H](c2ccc3c(N)ncnn23)[C@@H]2OC(C)(C)O[C@@H]21)OCc1ccccc1. The number of ether oxygens (including phenoxy) is 4. The minimum atomic E-state index is -4.51. The lowest BCUT2D eigenvalue weighted by Crippen LogP contribution is -2.44. The molecule has 55 heavy (non-hydrogen) atoms. The number of phosphoric ester groups is 1. The number of rotatable bonds is 27. The van der Waals surface area contributed by atoms with E-state index in [0.717, 1.165) is 24.8 Å². The second kappa shape index (κ2) is 21.4. The van der Waals surface area contributed by atoms with Crippen molar-refractivity contribution in [2.24, 2.45) is 0 Å². The van der Waals surface area contributed by atoms with Gasteiger partial charge in [0.05, 0.1) is 31.6 Å². The number of fused-ring (bicyclic) bond motifs is 2. The van der Waals surface area contributed by atoms with Crippen LogP contribution in [0.1, 0.15) is 154 Å². The monoisotopic (exact) mass is 786 g/mol. The number of unbranched alkanes of at least 4 members (excludes halogenated alkanes) is 15. The molecular formula is C42H67N4O8P. The summed E-state index contributed by atoms with van der Waals surface area (Å²) in [5.41, 5.74) is 7.30. The summed E-state index contributed by atoms with van der Waals surface area (Å²) in [6, 6.07) is 13.6. The molecule has 0 radical (unpaired) electrons. The number of hydrogen-bond acceptors (Lipinski definition) is 10. The van der Waals surface area contributed by atoms with Gasteiger partial charge in [-0.1, -0.05) is 140 Å². The van der Waals surface area contributed by atoms with Gasteiger partial charge in [-0.15, -0.1) is 0 Å². The Balaban J connectivity index is 1.06.